The molecule has 176 valence electrons. The Morgan fingerprint density at radius 3 is 2.24 bits per heavy atom. The average Bonchev–Trinajstić information content (AvgIpc) is 3.34. The summed E-state index contributed by atoms with van der Waals surface area (Å²) in [5, 5.41) is 2.81. The Kier molecular flexibility index (Phi) is 7.62. The molecule has 0 unspecified atom stereocenters. The van der Waals surface area contributed by atoms with Crippen LogP contribution in [0.2, 0.25) is 0 Å². The molecule has 3 rings (SSSR count). The van der Waals surface area contributed by atoms with Crippen molar-refractivity contribution in [3.8, 4) is 17.2 Å². The Morgan fingerprint density at radius 2 is 1.67 bits per heavy atom. The number of amides is 1. The molecule has 2 N–H and O–H groups in total. The van der Waals surface area contributed by atoms with Gasteiger partial charge in [-0.25, -0.2) is 13.1 Å². The summed E-state index contributed by atoms with van der Waals surface area (Å²) in [5.74, 6) is 1.45. The monoisotopic (exact) mass is 474 g/mol. The molecule has 3 aromatic rings. The van der Waals surface area contributed by atoms with Crippen LogP contribution in [-0.2, 0) is 23.1 Å². The maximum Gasteiger partial charge on any atom is 0.251 e. The molecule has 0 spiro atoms. The minimum absolute atomic E-state index is 0.00583. The van der Waals surface area contributed by atoms with Gasteiger partial charge in [-0.3, -0.25) is 4.79 Å². The third kappa shape index (κ3) is 5.65. The van der Waals surface area contributed by atoms with E-state index in [1.165, 1.54) is 39.7 Å². The number of nitrogens with one attached hydrogen (secondary N) is 2. The number of carbonyl (C=O) groups is 1. The van der Waals surface area contributed by atoms with Crippen LogP contribution in [0.3, 0.4) is 0 Å². The van der Waals surface area contributed by atoms with E-state index in [0.29, 0.717) is 28.6 Å². The second-order valence-corrected chi connectivity index (χ2v) is 8.86. The van der Waals surface area contributed by atoms with Gasteiger partial charge in [0.1, 0.15) is 5.76 Å². The van der Waals surface area contributed by atoms with Gasteiger partial charge < -0.3 is 23.9 Å². The van der Waals surface area contributed by atoms with Crippen LogP contribution >= 0.6 is 0 Å². The topological polar surface area (TPSA) is 116 Å². The summed E-state index contributed by atoms with van der Waals surface area (Å²) in [6.45, 7) is 1.91. The normalized spacial score (nSPS) is 11.2. The third-order valence-corrected chi connectivity index (χ3v) is 6.36. The van der Waals surface area contributed by atoms with E-state index < -0.39 is 15.9 Å². The van der Waals surface area contributed by atoms with E-state index in [9.17, 15) is 13.2 Å². The molecule has 0 saturated carbocycles. The molecule has 2 aromatic carbocycles. The number of aryl methyl sites for hydroxylation is 1. The summed E-state index contributed by atoms with van der Waals surface area (Å²) in [5.41, 5.74) is 1.62. The van der Waals surface area contributed by atoms with Crippen LogP contribution in [0.5, 0.6) is 17.2 Å². The fraction of sp³-hybridized carbons (Fsp3) is 0.261. The zero-order valence-corrected chi connectivity index (χ0v) is 19.6. The van der Waals surface area contributed by atoms with E-state index in [2.05, 4.69) is 10.0 Å². The Morgan fingerprint density at radius 1 is 0.970 bits per heavy atom. The number of hydrogen-bond acceptors (Lipinski definition) is 7. The largest absolute Gasteiger partial charge is 0.493 e. The van der Waals surface area contributed by atoms with Crippen LogP contribution in [-0.4, -0.2) is 35.7 Å². The van der Waals surface area contributed by atoms with Crippen molar-refractivity contribution in [2.75, 3.05) is 21.3 Å². The molecular formula is C23H26N2O7S. The van der Waals surface area contributed by atoms with Gasteiger partial charge >= 0.3 is 0 Å². The molecule has 0 radical (unpaired) electrons. The van der Waals surface area contributed by atoms with Crippen molar-refractivity contribution < 1.29 is 31.8 Å². The van der Waals surface area contributed by atoms with Crippen molar-refractivity contribution >= 4 is 15.9 Å². The van der Waals surface area contributed by atoms with Gasteiger partial charge in [0.25, 0.3) is 5.91 Å². The van der Waals surface area contributed by atoms with Crippen molar-refractivity contribution in [3.63, 3.8) is 0 Å². The molecule has 9 nitrogen and oxygen atoms in total. The van der Waals surface area contributed by atoms with Gasteiger partial charge in [-0.2, -0.15) is 0 Å². The van der Waals surface area contributed by atoms with Crippen molar-refractivity contribution in [2.45, 2.75) is 24.9 Å². The Hall–Kier alpha value is -3.50. The van der Waals surface area contributed by atoms with E-state index in [1.54, 1.807) is 37.3 Å². The molecule has 0 saturated heterocycles. The zero-order valence-electron chi connectivity index (χ0n) is 18.8. The van der Waals surface area contributed by atoms with E-state index >= 15 is 0 Å². The van der Waals surface area contributed by atoms with Gasteiger partial charge in [-0.15, -0.1) is 0 Å². The average molecular weight is 475 g/mol. The Bertz CT molecular complexity index is 1200. The number of methoxy groups -OCH3 is 3. The number of furan rings is 1. The predicted molar refractivity (Wildman–Crippen MR) is 121 cm³/mol. The third-order valence-electron chi connectivity index (χ3n) is 4.96. The fourth-order valence-electron chi connectivity index (χ4n) is 3.19. The molecule has 0 aliphatic heterocycles. The SMILES string of the molecule is COc1cc(CNC(=O)c2cc(S(=O)(=O)NCc3ccco3)ccc2C)cc(OC)c1OC. The lowest BCUT2D eigenvalue weighted by atomic mass is 10.1. The van der Waals surface area contributed by atoms with E-state index in [4.69, 9.17) is 18.6 Å². The second kappa shape index (κ2) is 10.4. The molecule has 0 bridgehead atoms. The summed E-state index contributed by atoms with van der Waals surface area (Å²) in [6.07, 6.45) is 1.46. The van der Waals surface area contributed by atoms with Gasteiger partial charge in [0.05, 0.1) is 39.0 Å². The van der Waals surface area contributed by atoms with Crippen molar-refractivity contribution in [3.05, 3.63) is 71.2 Å². The highest BCUT2D eigenvalue weighted by Gasteiger charge is 2.19. The maximum atomic E-state index is 12.9. The second-order valence-electron chi connectivity index (χ2n) is 7.10. The van der Waals surface area contributed by atoms with Crippen molar-refractivity contribution in [1.82, 2.24) is 10.0 Å². The maximum absolute atomic E-state index is 12.9. The number of benzene rings is 2. The highest BCUT2D eigenvalue weighted by Crippen LogP contribution is 2.38. The Labute approximate surface area is 192 Å². The lowest BCUT2D eigenvalue weighted by molar-refractivity contribution is 0.0950. The first kappa shape index (κ1) is 24.1. The van der Waals surface area contributed by atoms with E-state index in [-0.39, 0.29) is 23.5 Å². The van der Waals surface area contributed by atoms with Gasteiger partial charge in [-0.05, 0) is 54.4 Å². The molecule has 1 aromatic heterocycles. The standard InChI is InChI=1S/C23H26N2O7S/c1-15-7-8-18(33(27,28)25-14-17-6-5-9-32-17)12-19(15)23(26)24-13-16-10-20(29-2)22(31-4)21(11-16)30-3/h5-12,25H,13-14H2,1-4H3,(H,24,26). The number of carbonyl (C=O) groups excluding carboxylic acids is 1. The molecule has 0 fully saturated rings. The number of sulfonamides is 1. The van der Waals surface area contributed by atoms with E-state index in [0.717, 1.165) is 5.56 Å². The van der Waals surface area contributed by atoms with Crippen LogP contribution in [0.4, 0.5) is 0 Å². The van der Waals surface area contributed by atoms with Gasteiger partial charge in [0.15, 0.2) is 11.5 Å². The lowest BCUT2D eigenvalue weighted by Crippen LogP contribution is -2.26. The molecular weight excluding hydrogens is 448 g/mol. The Balaban J connectivity index is 1.76. The highest BCUT2D eigenvalue weighted by molar-refractivity contribution is 7.89. The van der Waals surface area contributed by atoms with Gasteiger partial charge in [0, 0.05) is 12.1 Å². The van der Waals surface area contributed by atoms with Crippen LogP contribution in [0.15, 0.2) is 58.0 Å². The first-order valence-electron chi connectivity index (χ1n) is 9.98. The summed E-state index contributed by atoms with van der Waals surface area (Å²) in [7, 11) is 0.688. The summed E-state index contributed by atoms with van der Waals surface area (Å²) >= 11 is 0. The molecule has 0 aliphatic carbocycles. The zero-order chi connectivity index (χ0) is 24.0. The minimum Gasteiger partial charge on any atom is -0.493 e. The smallest absolute Gasteiger partial charge is 0.251 e. The fourth-order valence-corrected chi connectivity index (χ4v) is 4.21. The van der Waals surface area contributed by atoms with Crippen LogP contribution in [0.1, 0.15) is 27.2 Å². The van der Waals surface area contributed by atoms with Crippen LogP contribution in [0, 0.1) is 6.92 Å². The van der Waals surface area contributed by atoms with Gasteiger partial charge in [-0.1, -0.05) is 6.07 Å². The number of rotatable bonds is 10. The predicted octanol–water partition coefficient (Wildman–Crippen LogP) is 3.02. The molecule has 1 amide bonds. The molecule has 10 heteroatoms. The summed E-state index contributed by atoms with van der Waals surface area (Å²) < 4.78 is 48.9. The summed E-state index contributed by atoms with van der Waals surface area (Å²) in [6, 6.07) is 11.2. The van der Waals surface area contributed by atoms with Gasteiger partial charge in [0.2, 0.25) is 15.8 Å². The minimum atomic E-state index is -3.84. The molecule has 33 heavy (non-hydrogen) atoms. The molecule has 0 atom stereocenters. The number of hydrogen-bond donors (Lipinski definition) is 2. The van der Waals surface area contributed by atoms with E-state index in [1.807, 2.05) is 0 Å². The first-order valence-corrected chi connectivity index (χ1v) is 11.5. The van der Waals surface area contributed by atoms with Crippen molar-refractivity contribution in [1.29, 1.82) is 0 Å². The summed E-state index contributed by atoms with van der Waals surface area (Å²) in [4.78, 5) is 12.9. The lowest BCUT2D eigenvalue weighted by Gasteiger charge is -2.15. The van der Waals surface area contributed by atoms with Crippen LogP contribution < -0.4 is 24.2 Å². The number of ether oxygens (including phenoxy) is 3. The quantitative estimate of drug-likeness (QED) is 0.464. The van der Waals surface area contributed by atoms with Crippen molar-refractivity contribution in [2.24, 2.45) is 0 Å². The van der Waals surface area contributed by atoms with Crippen LogP contribution in [0.25, 0.3) is 0 Å². The molecule has 0 aliphatic rings. The first-order chi connectivity index (χ1) is 15.8. The highest BCUT2D eigenvalue weighted by atomic mass is 32.2. The molecule has 1 heterocycles.